The number of amides is 1. The van der Waals surface area contributed by atoms with Crippen LogP contribution in [0.4, 0.5) is 16.2 Å². The second-order valence-electron chi connectivity index (χ2n) is 7.20. The summed E-state index contributed by atoms with van der Waals surface area (Å²) in [6.07, 6.45) is -0.400. The summed E-state index contributed by atoms with van der Waals surface area (Å²) in [7, 11) is -3.57. The molecule has 1 N–H and O–H groups in total. The van der Waals surface area contributed by atoms with Crippen LogP contribution in [-0.2, 0) is 26.1 Å². The van der Waals surface area contributed by atoms with Gasteiger partial charge in [-0.05, 0) is 51.5 Å². The average molecular weight is 388 g/mol. The number of ether oxygens (including phenoxy) is 1. The van der Waals surface area contributed by atoms with Crippen molar-refractivity contribution in [2.75, 3.05) is 16.2 Å². The summed E-state index contributed by atoms with van der Waals surface area (Å²) >= 11 is 0. The number of carbonyl (C=O) groups is 1. The quantitative estimate of drug-likeness (QED) is 0.835. The first-order chi connectivity index (χ1) is 12.6. The molecule has 1 aliphatic rings. The molecule has 27 heavy (non-hydrogen) atoms. The van der Waals surface area contributed by atoms with Crippen LogP contribution in [0.3, 0.4) is 0 Å². The number of hydrogen-bond donors (Lipinski definition) is 1. The lowest BCUT2D eigenvalue weighted by Crippen LogP contribution is -2.43. The van der Waals surface area contributed by atoms with Crippen molar-refractivity contribution in [2.24, 2.45) is 0 Å². The lowest BCUT2D eigenvalue weighted by atomic mass is 9.93. The molecular formula is C20H24N2O4S. The summed E-state index contributed by atoms with van der Waals surface area (Å²) in [6, 6.07) is 12.6. The van der Waals surface area contributed by atoms with E-state index in [-0.39, 0.29) is 5.75 Å². The van der Waals surface area contributed by atoms with E-state index in [9.17, 15) is 13.2 Å². The number of carbonyl (C=O) groups excluding carboxylic acids is 1. The molecular weight excluding hydrogens is 364 g/mol. The molecule has 0 spiro atoms. The first-order valence-corrected chi connectivity index (χ1v) is 10.5. The van der Waals surface area contributed by atoms with Gasteiger partial charge in [0.05, 0.1) is 11.4 Å². The van der Waals surface area contributed by atoms with E-state index in [1.807, 2.05) is 38.1 Å². The smallest absolute Gasteiger partial charge is 0.415 e. The number of aryl methyl sites for hydroxylation is 1. The normalized spacial score (nSPS) is 15.9. The molecule has 0 saturated heterocycles. The van der Waals surface area contributed by atoms with Crippen LogP contribution < -0.4 is 9.62 Å². The molecule has 2 aromatic carbocycles. The van der Waals surface area contributed by atoms with E-state index >= 15 is 0 Å². The molecule has 3 rings (SSSR count). The van der Waals surface area contributed by atoms with Gasteiger partial charge < -0.3 is 4.74 Å². The zero-order valence-corrected chi connectivity index (χ0v) is 16.8. The van der Waals surface area contributed by atoms with Crippen LogP contribution >= 0.6 is 0 Å². The number of benzene rings is 2. The number of nitrogens with zero attached hydrogens (tertiary/aromatic N) is 1. The van der Waals surface area contributed by atoms with E-state index in [1.165, 1.54) is 4.90 Å². The third kappa shape index (κ3) is 4.08. The summed E-state index contributed by atoms with van der Waals surface area (Å²) in [5.41, 5.74) is 2.91. The maximum absolute atomic E-state index is 12.5. The minimum absolute atomic E-state index is 0.107. The maximum Gasteiger partial charge on any atom is 0.415 e. The van der Waals surface area contributed by atoms with E-state index < -0.39 is 21.7 Å². The highest BCUT2D eigenvalue weighted by Gasteiger charge is 2.37. The molecule has 7 heteroatoms. The number of hydrogen-bond acceptors (Lipinski definition) is 4. The van der Waals surface area contributed by atoms with Crippen molar-refractivity contribution in [3.63, 3.8) is 0 Å². The fraction of sp³-hybridized carbons (Fsp3) is 0.350. The van der Waals surface area contributed by atoms with Gasteiger partial charge in [0.25, 0.3) is 0 Å². The lowest BCUT2D eigenvalue weighted by Gasteiger charge is -2.38. The zero-order valence-electron chi connectivity index (χ0n) is 15.9. The third-order valence-electron chi connectivity index (χ3n) is 4.57. The van der Waals surface area contributed by atoms with Gasteiger partial charge in [-0.15, -0.1) is 0 Å². The third-order valence-corrected chi connectivity index (χ3v) is 5.83. The first-order valence-electron chi connectivity index (χ1n) is 8.82. The van der Waals surface area contributed by atoms with Crippen molar-refractivity contribution in [3.8, 4) is 0 Å². The number of nitrogens with one attached hydrogen (secondary N) is 1. The number of rotatable bonds is 5. The molecule has 2 aromatic rings. The molecule has 0 fully saturated rings. The van der Waals surface area contributed by atoms with Crippen molar-refractivity contribution in [2.45, 2.75) is 39.0 Å². The fourth-order valence-electron chi connectivity index (χ4n) is 3.16. The number of fused-ring (bicyclic) bond motifs is 1. The van der Waals surface area contributed by atoms with Crippen molar-refractivity contribution >= 4 is 27.5 Å². The van der Waals surface area contributed by atoms with E-state index in [0.717, 1.165) is 22.4 Å². The summed E-state index contributed by atoms with van der Waals surface area (Å²) in [6.45, 7) is 7.88. The van der Waals surface area contributed by atoms with Crippen molar-refractivity contribution in [1.82, 2.24) is 0 Å². The van der Waals surface area contributed by atoms with Crippen molar-refractivity contribution in [1.29, 1.82) is 0 Å². The summed E-state index contributed by atoms with van der Waals surface area (Å²) in [4.78, 5) is 13.7. The molecule has 1 aliphatic heterocycles. The molecule has 0 aliphatic carbocycles. The lowest BCUT2D eigenvalue weighted by molar-refractivity contribution is 0.0353. The molecule has 1 heterocycles. The van der Waals surface area contributed by atoms with E-state index in [2.05, 4.69) is 4.72 Å². The molecule has 0 radical (unpaired) electrons. The molecule has 6 nitrogen and oxygen atoms in total. The zero-order chi connectivity index (χ0) is 19.8. The fourth-order valence-corrected chi connectivity index (χ4v) is 4.35. The highest BCUT2D eigenvalue weighted by Crippen LogP contribution is 2.40. The predicted molar refractivity (Wildman–Crippen MR) is 106 cm³/mol. The van der Waals surface area contributed by atoms with Gasteiger partial charge >= 0.3 is 6.09 Å². The number of sulfonamides is 1. The van der Waals surface area contributed by atoms with Gasteiger partial charge in [0.2, 0.25) is 10.0 Å². The van der Waals surface area contributed by atoms with E-state index in [4.69, 9.17) is 4.74 Å². The van der Waals surface area contributed by atoms with Gasteiger partial charge in [-0.25, -0.2) is 13.2 Å². The Hall–Kier alpha value is -2.54. The van der Waals surface area contributed by atoms with Crippen LogP contribution in [0, 0.1) is 6.92 Å². The second kappa shape index (κ2) is 6.88. The van der Waals surface area contributed by atoms with Crippen LogP contribution in [0.25, 0.3) is 0 Å². The molecule has 0 aromatic heterocycles. The largest absolute Gasteiger partial charge is 0.438 e. The van der Waals surface area contributed by atoms with Gasteiger partial charge in [-0.1, -0.05) is 29.8 Å². The molecule has 1 amide bonds. The Morgan fingerprint density at radius 2 is 1.78 bits per heavy atom. The van der Waals surface area contributed by atoms with Gasteiger partial charge in [0.1, 0.15) is 5.60 Å². The van der Waals surface area contributed by atoms with Crippen LogP contribution in [0.2, 0.25) is 0 Å². The summed E-state index contributed by atoms with van der Waals surface area (Å²) in [5.74, 6) is -0.107. The summed E-state index contributed by atoms with van der Waals surface area (Å²) in [5, 5.41) is 0. The Bertz CT molecular complexity index is 966. The van der Waals surface area contributed by atoms with Gasteiger partial charge in [-0.3, -0.25) is 9.62 Å². The van der Waals surface area contributed by atoms with Crippen molar-refractivity contribution in [3.05, 3.63) is 59.2 Å². The Morgan fingerprint density at radius 1 is 1.11 bits per heavy atom. The van der Waals surface area contributed by atoms with Crippen LogP contribution in [-0.4, -0.2) is 21.1 Å². The van der Waals surface area contributed by atoms with Gasteiger partial charge in [-0.2, -0.15) is 0 Å². The predicted octanol–water partition coefficient (Wildman–Crippen LogP) is 4.15. The number of cyclic esters (lactones) is 1. The minimum Gasteiger partial charge on any atom is -0.438 e. The van der Waals surface area contributed by atoms with Crippen LogP contribution in [0.1, 0.15) is 37.5 Å². The van der Waals surface area contributed by atoms with E-state index in [0.29, 0.717) is 12.2 Å². The Kier molecular flexibility index (Phi) is 4.90. The molecule has 0 saturated carbocycles. The standard InChI is InChI=1S/C20H24N2O4S/c1-5-22-18-11-10-16(12-17(18)20(3,4)26-19(22)23)21-27(24,25)13-15-8-6-14(2)7-9-15/h6-12,21H,5,13H2,1-4H3. The van der Waals surface area contributed by atoms with Crippen LogP contribution in [0.5, 0.6) is 0 Å². The second-order valence-corrected chi connectivity index (χ2v) is 8.92. The van der Waals surface area contributed by atoms with Gasteiger partial charge in [0.15, 0.2) is 0 Å². The topological polar surface area (TPSA) is 75.7 Å². The summed E-state index contributed by atoms with van der Waals surface area (Å²) < 4.78 is 33.2. The molecule has 0 unspecified atom stereocenters. The molecule has 0 atom stereocenters. The van der Waals surface area contributed by atoms with Gasteiger partial charge in [0, 0.05) is 17.8 Å². The minimum atomic E-state index is -3.57. The van der Waals surface area contributed by atoms with Crippen molar-refractivity contribution < 1.29 is 17.9 Å². The Balaban J connectivity index is 1.88. The Morgan fingerprint density at radius 3 is 2.41 bits per heavy atom. The van der Waals surface area contributed by atoms with Crippen LogP contribution in [0.15, 0.2) is 42.5 Å². The highest BCUT2D eigenvalue weighted by atomic mass is 32.2. The van der Waals surface area contributed by atoms with E-state index in [1.54, 1.807) is 32.0 Å². The maximum atomic E-state index is 12.5. The number of anilines is 2. The molecule has 144 valence electrons. The molecule has 0 bridgehead atoms. The monoisotopic (exact) mass is 388 g/mol. The Labute approximate surface area is 160 Å². The average Bonchev–Trinajstić information content (AvgIpc) is 2.57. The first kappa shape index (κ1) is 19.2. The SMILES string of the molecule is CCN1C(=O)OC(C)(C)c2cc(NS(=O)(=O)Cc3ccc(C)cc3)ccc21. The highest BCUT2D eigenvalue weighted by molar-refractivity contribution is 7.91.